The van der Waals surface area contributed by atoms with E-state index in [-0.39, 0.29) is 0 Å². The molecule has 0 atom stereocenters. The van der Waals surface area contributed by atoms with Crippen molar-refractivity contribution in [1.82, 2.24) is 0 Å². The smallest absolute Gasteiger partial charge is 0.0742 e. The molecule has 0 saturated heterocycles. The molecule has 8 nitrogen and oxygen atoms in total. The van der Waals surface area contributed by atoms with E-state index in [4.69, 9.17) is 24.5 Å². The van der Waals surface area contributed by atoms with Crippen molar-refractivity contribution in [3.05, 3.63) is 0 Å². The molecule has 0 aliphatic heterocycles. The number of quaternary nitrogens is 3. The molecule has 0 saturated carbocycles. The summed E-state index contributed by atoms with van der Waals surface area (Å²) in [7, 11) is -5.39. The fraction of sp³-hybridized carbons (Fsp3) is 0.950. The van der Waals surface area contributed by atoms with Gasteiger partial charge in [0.05, 0.1) is 65.0 Å². The number of nitrogens with one attached hydrogen (secondary N) is 3. The Morgan fingerprint density at radius 3 is 0.655 bits per heavy atom. The molecule has 0 aromatic rings. The molecule has 0 unspecified atom stereocenters. The highest BCUT2D eigenvalue weighted by Gasteiger charge is 1.94. The van der Waals surface area contributed by atoms with Crippen molar-refractivity contribution in [2.45, 2.75) is 69.2 Å². The summed E-state index contributed by atoms with van der Waals surface area (Å²) in [6.07, 6.45) is 0. The Morgan fingerprint density at radius 1 is 0.586 bits per heavy atom. The summed E-state index contributed by atoms with van der Waals surface area (Å²) in [6.45, 7) is 32.9. The molecule has 0 aromatic carbocycles. The minimum atomic E-state index is -5.39. The quantitative estimate of drug-likeness (QED) is 0.341. The molecule has 0 fully saturated rings. The molecule has 0 radical (unpaired) electrons. The van der Waals surface area contributed by atoms with E-state index in [9.17, 15) is 0 Å². The number of hydrogen-bond donors (Lipinski definition) is 3. The van der Waals surface area contributed by atoms with Crippen molar-refractivity contribution < 1.29 is 33.9 Å². The van der Waals surface area contributed by atoms with Crippen LogP contribution < -0.4 is 29.4 Å². The number of rotatable bonds is 9. The number of nitrogens with zero attached hydrogens (tertiary/aromatic N) is 1. The van der Waals surface area contributed by atoms with Crippen LogP contribution in [-0.4, -0.2) is 58.9 Å². The van der Waals surface area contributed by atoms with Crippen molar-refractivity contribution in [3.63, 3.8) is 0 Å². The van der Waals surface area contributed by atoms with E-state index in [0.29, 0.717) is 0 Å². The predicted molar refractivity (Wildman–Crippen MR) is 117 cm³/mol. The van der Waals surface area contributed by atoms with Crippen molar-refractivity contribution in [1.29, 1.82) is 5.26 Å². The SMILES string of the molecule is CC#N.CC[NH+](CC)CC.CC[NH+](CC)CC.CC[NH+](CC)CC.O=P([O-])([O-])[O-]. The minimum Gasteiger partial charge on any atom is -0.822 e. The fourth-order valence-electron chi connectivity index (χ4n) is 2.25. The first kappa shape index (κ1) is 39.0. The van der Waals surface area contributed by atoms with E-state index in [2.05, 4.69) is 62.3 Å². The summed E-state index contributed by atoms with van der Waals surface area (Å²) in [5.41, 5.74) is 0. The highest BCUT2D eigenvalue weighted by Crippen LogP contribution is 2.03. The maximum absolute atomic E-state index is 8.55. The van der Waals surface area contributed by atoms with E-state index in [0.717, 1.165) is 0 Å². The van der Waals surface area contributed by atoms with Gasteiger partial charge in [-0.3, -0.25) is 0 Å². The zero-order valence-corrected chi connectivity index (χ0v) is 21.8. The van der Waals surface area contributed by atoms with Crippen LogP contribution in [0.2, 0.25) is 0 Å². The van der Waals surface area contributed by atoms with E-state index in [1.54, 1.807) is 20.8 Å². The van der Waals surface area contributed by atoms with Gasteiger partial charge in [0.25, 0.3) is 0 Å². The van der Waals surface area contributed by atoms with Crippen molar-refractivity contribution in [2.75, 3.05) is 58.9 Å². The molecule has 0 aliphatic rings. The molecule has 0 heterocycles. The summed E-state index contributed by atoms with van der Waals surface area (Å²) in [4.78, 5) is 30.7. The third-order valence-electron chi connectivity index (χ3n) is 4.50. The summed E-state index contributed by atoms with van der Waals surface area (Å²) in [5, 5.41) is 7.32. The van der Waals surface area contributed by atoms with Crippen molar-refractivity contribution in [2.24, 2.45) is 0 Å². The Hall–Kier alpha value is -0.520. The lowest BCUT2D eigenvalue weighted by Gasteiger charge is -2.36. The largest absolute Gasteiger partial charge is 0.822 e. The van der Waals surface area contributed by atoms with E-state index < -0.39 is 7.82 Å². The Bertz CT molecular complexity index is 298. The Balaban J connectivity index is -0.0000000849. The molecular formula is C20H51N4O4P. The summed E-state index contributed by atoms with van der Waals surface area (Å²) in [6, 6.07) is 1.75. The van der Waals surface area contributed by atoms with Gasteiger partial charge in [0, 0.05) is 6.92 Å². The number of phosphoric acid groups is 1. The topological polar surface area (TPSA) is 123 Å². The molecule has 0 spiro atoms. The fourth-order valence-corrected chi connectivity index (χ4v) is 2.25. The highest BCUT2D eigenvalue weighted by atomic mass is 31.2. The van der Waals surface area contributed by atoms with Crippen LogP contribution in [-0.2, 0) is 4.57 Å². The van der Waals surface area contributed by atoms with Crippen LogP contribution in [0.3, 0.4) is 0 Å². The maximum Gasteiger partial charge on any atom is 0.0742 e. The number of hydrogen-bond acceptors (Lipinski definition) is 5. The van der Waals surface area contributed by atoms with Crippen LogP contribution in [0.4, 0.5) is 0 Å². The second-order valence-electron chi connectivity index (χ2n) is 6.10. The number of nitriles is 1. The van der Waals surface area contributed by atoms with Gasteiger partial charge >= 0.3 is 0 Å². The molecule has 0 aromatic heterocycles. The van der Waals surface area contributed by atoms with Gasteiger partial charge in [-0.05, 0) is 62.3 Å². The second-order valence-corrected chi connectivity index (χ2v) is 7.00. The molecule has 180 valence electrons. The first-order chi connectivity index (χ1) is 13.5. The summed E-state index contributed by atoms with van der Waals surface area (Å²) < 4.78 is 8.55. The molecule has 29 heavy (non-hydrogen) atoms. The van der Waals surface area contributed by atoms with E-state index in [1.165, 1.54) is 65.8 Å². The Kier molecular flexibility index (Phi) is 43.3. The lowest BCUT2D eigenvalue weighted by Crippen LogP contribution is -3.11. The van der Waals surface area contributed by atoms with Crippen LogP contribution >= 0.6 is 7.82 Å². The lowest BCUT2D eigenvalue weighted by atomic mass is 10.5. The second kappa shape index (κ2) is 32.2. The van der Waals surface area contributed by atoms with Crippen LogP contribution in [0.25, 0.3) is 0 Å². The van der Waals surface area contributed by atoms with Crippen LogP contribution in [0.5, 0.6) is 0 Å². The van der Waals surface area contributed by atoms with E-state index in [1.807, 2.05) is 0 Å². The zero-order valence-electron chi connectivity index (χ0n) is 20.9. The predicted octanol–water partition coefficient (Wildman–Crippen LogP) is -2.50. The van der Waals surface area contributed by atoms with Gasteiger partial charge in [-0.15, -0.1) is 0 Å². The molecule has 9 heteroatoms. The van der Waals surface area contributed by atoms with Gasteiger partial charge in [0.2, 0.25) is 0 Å². The lowest BCUT2D eigenvalue weighted by molar-refractivity contribution is -0.894. The van der Waals surface area contributed by atoms with Gasteiger partial charge in [-0.2, -0.15) is 13.1 Å². The van der Waals surface area contributed by atoms with E-state index >= 15 is 0 Å². The molecule has 0 amide bonds. The molecule has 3 N–H and O–H groups in total. The average molecular weight is 443 g/mol. The first-order valence-electron chi connectivity index (χ1n) is 11.0. The Morgan fingerprint density at radius 2 is 0.655 bits per heavy atom. The minimum absolute atomic E-state index is 1.27. The third-order valence-corrected chi connectivity index (χ3v) is 4.50. The van der Waals surface area contributed by atoms with Gasteiger partial charge < -0.3 is 33.9 Å². The van der Waals surface area contributed by atoms with Gasteiger partial charge in [0.15, 0.2) is 0 Å². The molecule has 0 rings (SSSR count). The normalized spacial score (nSPS) is 9.76. The summed E-state index contributed by atoms with van der Waals surface area (Å²) in [5.74, 6) is 0. The first-order valence-corrected chi connectivity index (χ1v) is 12.5. The maximum atomic E-state index is 8.55. The molecule has 0 aliphatic carbocycles. The van der Waals surface area contributed by atoms with Crippen molar-refractivity contribution >= 4 is 7.82 Å². The van der Waals surface area contributed by atoms with Crippen LogP contribution in [0, 0.1) is 11.3 Å². The van der Waals surface area contributed by atoms with Crippen LogP contribution in [0.15, 0.2) is 0 Å². The molecule has 0 bridgehead atoms. The third kappa shape index (κ3) is 58.4. The van der Waals surface area contributed by atoms with Gasteiger partial charge in [0.1, 0.15) is 0 Å². The highest BCUT2D eigenvalue weighted by molar-refractivity contribution is 7.40. The standard InChI is InChI=1S/3C6H15N.C2H3N.H3O4P/c3*1-4-7(5-2)6-3;1-2-3;1-5(2,3)4/h3*4-6H2,1-3H3;1H3;(H3,1,2,3,4). The Labute approximate surface area is 181 Å². The van der Waals surface area contributed by atoms with Crippen molar-refractivity contribution in [3.8, 4) is 6.07 Å². The van der Waals surface area contributed by atoms with Gasteiger partial charge in [-0.25, -0.2) is 0 Å². The monoisotopic (exact) mass is 442 g/mol. The zero-order chi connectivity index (χ0) is 24.3. The molecular weight excluding hydrogens is 391 g/mol. The van der Waals surface area contributed by atoms with Gasteiger partial charge in [-0.1, -0.05) is 0 Å². The van der Waals surface area contributed by atoms with Crippen LogP contribution in [0.1, 0.15) is 69.2 Å². The average Bonchev–Trinajstić information content (AvgIpc) is 2.66. The summed E-state index contributed by atoms with van der Waals surface area (Å²) >= 11 is 0.